The van der Waals surface area contributed by atoms with Gasteiger partial charge in [0.05, 0.1) is 6.07 Å². The summed E-state index contributed by atoms with van der Waals surface area (Å²) in [6, 6.07) is 5.10. The minimum atomic E-state index is -0.590. The van der Waals surface area contributed by atoms with Gasteiger partial charge < -0.3 is 5.32 Å². The Morgan fingerprint density at radius 1 is 1.44 bits per heavy atom. The largest absolute Gasteiger partial charge is 0.336 e. The molecule has 1 unspecified atom stereocenters. The van der Waals surface area contributed by atoms with Gasteiger partial charge in [-0.05, 0) is 18.9 Å². The van der Waals surface area contributed by atoms with Gasteiger partial charge >= 0.3 is 0 Å². The number of aromatic nitrogens is 1. The van der Waals surface area contributed by atoms with Gasteiger partial charge in [-0.1, -0.05) is 25.3 Å². The van der Waals surface area contributed by atoms with Crippen LogP contribution >= 0.6 is 0 Å². The second kappa shape index (κ2) is 6.15. The molecule has 0 spiro atoms. The molecule has 4 heteroatoms. The Balaban J connectivity index is 1.98. The van der Waals surface area contributed by atoms with Crippen LogP contribution < -0.4 is 5.32 Å². The third kappa shape index (κ3) is 3.07. The van der Waals surface area contributed by atoms with E-state index in [4.69, 9.17) is 5.26 Å². The first-order valence-electron chi connectivity index (χ1n) is 6.41. The van der Waals surface area contributed by atoms with Crippen LogP contribution in [-0.2, 0) is 4.79 Å². The van der Waals surface area contributed by atoms with Crippen molar-refractivity contribution in [1.82, 2.24) is 10.3 Å². The van der Waals surface area contributed by atoms with Crippen LogP contribution in [0.5, 0.6) is 0 Å². The summed E-state index contributed by atoms with van der Waals surface area (Å²) in [7, 11) is 0. The number of carbonyl (C=O) groups excluding carboxylic acids is 1. The average molecular weight is 243 g/mol. The molecule has 0 aromatic carbocycles. The highest BCUT2D eigenvalue weighted by molar-refractivity contribution is 5.79. The van der Waals surface area contributed by atoms with Gasteiger partial charge in [0.2, 0.25) is 5.91 Å². The summed E-state index contributed by atoms with van der Waals surface area (Å²) in [6.45, 7) is 0. The van der Waals surface area contributed by atoms with Crippen LogP contribution in [0.1, 0.15) is 43.7 Å². The second-order valence-corrected chi connectivity index (χ2v) is 4.69. The van der Waals surface area contributed by atoms with Crippen molar-refractivity contribution in [3.63, 3.8) is 0 Å². The maximum absolute atomic E-state index is 12.1. The Labute approximate surface area is 107 Å². The van der Waals surface area contributed by atoms with Crippen LogP contribution in [0, 0.1) is 17.2 Å². The minimum Gasteiger partial charge on any atom is -0.336 e. The molecule has 1 fully saturated rings. The lowest BCUT2D eigenvalue weighted by atomic mass is 9.88. The van der Waals surface area contributed by atoms with E-state index in [1.807, 2.05) is 6.07 Å². The van der Waals surface area contributed by atoms with Crippen LogP contribution in [0.4, 0.5) is 0 Å². The van der Waals surface area contributed by atoms with E-state index in [-0.39, 0.29) is 11.8 Å². The molecule has 2 rings (SSSR count). The zero-order valence-electron chi connectivity index (χ0n) is 10.3. The summed E-state index contributed by atoms with van der Waals surface area (Å²) < 4.78 is 0. The molecule has 0 saturated heterocycles. The molecule has 94 valence electrons. The third-order valence-electron chi connectivity index (χ3n) is 3.41. The zero-order valence-corrected chi connectivity index (χ0v) is 10.3. The number of nitrogens with one attached hydrogen (secondary N) is 1. The quantitative estimate of drug-likeness (QED) is 0.886. The van der Waals surface area contributed by atoms with Gasteiger partial charge in [0.25, 0.3) is 0 Å². The fourth-order valence-electron chi connectivity index (χ4n) is 2.36. The SMILES string of the molecule is N#CC(NC(=O)C1CCCCC1)c1cccnc1. The Morgan fingerprint density at radius 2 is 2.22 bits per heavy atom. The Kier molecular flexibility index (Phi) is 4.30. The summed E-state index contributed by atoms with van der Waals surface area (Å²) >= 11 is 0. The van der Waals surface area contributed by atoms with Gasteiger partial charge in [-0.15, -0.1) is 0 Å². The van der Waals surface area contributed by atoms with Gasteiger partial charge in [0.15, 0.2) is 0 Å². The molecule has 1 aliphatic carbocycles. The summed E-state index contributed by atoms with van der Waals surface area (Å²) in [5, 5.41) is 11.9. The van der Waals surface area contributed by atoms with E-state index in [0.29, 0.717) is 0 Å². The molecule has 0 aliphatic heterocycles. The molecule has 1 N–H and O–H groups in total. The number of nitriles is 1. The number of carbonyl (C=O) groups is 1. The standard InChI is InChI=1S/C14H17N3O/c15-9-13(12-7-4-8-16-10-12)17-14(18)11-5-2-1-3-6-11/h4,7-8,10-11,13H,1-3,5-6H2,(H,17,18). The molecule has 1 atom stereocenters. The predicted molar refractivity (Wildman–Crippen MR) is 67.3 cm³/mol. The maximum atomic E-state index is 12.1. The van der Waals surface area contributed by atoms with Crippen LogP contribution in [0.25, 0.3) is 0 Å². The normalized spacial score (nSPS) is 17.7. The molecule has 4 nitrogen and oxygen atoms in total. The molecule has 1 aromatic rings. The summed E-state index contributed by atoms with van der Waals surface area (Å²) in [4.78, 5) is 16.0. The van der Waals surface area contributed by atoms with Crippen molar-refractivity contribution in [2.45, 2.75) is 38.1 Å². The zero-order chi connectivity index (χ0) is 12.8. The van der Waals surface area contributed by atoms with Gasteiger partial charge in [0, 0.05) is 23.9 Å². The highest BCUT2D eigenvalue weighted by Gasteiger charge is 2.23. The fraction of sp³-hybridized carbons (Fsp3) is 0.500. The lowest BCUT2D eigenvalue weighted by Crippen LogP contribution is -2.34. The molecule has 0 radical (unpaired) electrons. The number of pyridine rings is 1. The monoisotopic (exact) mass is 243 g/mol. The van der Waals surface area contributed by atoms with Crippen molar-refractivity contribution >= 4 is 5.91 Å². The van der Waals surface area contributed by atoms with Gasteiger partial charge in [-0.3, -0.25) is 9.78 Å². The van der Waals surface area contributed by atoms with Crippen LogP contribution in [0.15, 0.2) is 24.5 Å². The van der Waals surface area contributed by atoms with E-state index < -0.39 is 6.04 Å². The predicted octanol–water partition coefficient (Wildman–Crippen LogP) is 2.34. The smallest absolute Gasteiger partial charge is 0.224 e. The number of hydrogen-bond donors (Lipinski definition) is 1. The fourth-order valence-corrected chi connectivity index (χ4v) is 2.36. The molecule has 1 amide bonds. The molecule has 1 aliphatic rings. The van der Waals surface area contributed by atoms with E-state index in [0.717, 1.165) is 31.2 Å². The number of nitrogens with zero attached hydrogens (tertiary/aromatic N) is 2. The lowest BCUT2D eigenvalue weighted by molar-refractivity contribution is -0.126. The Bertz CT molecular complexity index is 432. The average Bonchev–Trinajstić information content (AvgIpc) is 2.46. The number of hydrogen-bond acceptors (Lipinski definition) is 3. The molecule has 0 bridgehead atoms. The highest BCUT2D eigenvalue weighted by Crippen LogP contribution is 2.24. The van der Waals surface area contributed by atoms with Crippen molar-refractivity contribution in [2.24, 2.45) is 5.92 Å². The molecule has 1 heterocycles. The lowest BCUT2D eigenvalue weighted by Gasteiger charge is -2.22. The molecule has 1 saturated carbocycles. The van der Waals surface area contributed by atoms with Gasteiger partial charge in [-0.2, -0.15) is 5.26 Å². The highest BCUT2D eigenvalue weighted by atomic mass is 16.1. The number of amides is 1. The maximum Gasteiger partial charge on any atom is 0.224 e. The van der Waals surface area contributed by atoms with Gasteiger partial charge in [0.1, 0.15) is 6.04 Å². The molecular formula is C14H17N3O. The third-order valence-corrected chi connectivity index (χ3v) is 3.41. The summed E-state index contributed by atoms with van der Waals surface area (Å²) in [5.41, 5.74) is 0.740. The summed E-state index contributed by atoms with van der Waals surface area (Å²) in [5.74, 6) is 0.0800. The topological polar surface area (TPSA) is 65.8 Å². The molecule has 1 aromatic heterocycles. The van der Waals surface area contributed by atoms with Crippen molar-refractivity contribution in [1.29, 1.82) is 5.26 Å². The van der Waals surface area contributed by atoms with Crippen molar-refractivity contribution in [2.75, 3.05) is 0 Å². The second-order valence-electron chi connectivity index (χ2n) is 4.69. The Morgan fingerprint density at radius 3 is 2.83 bits per heavy atom. The van der Waals surface area contributed by atoms with Crippen molar-refractivity contribution < 1.29 is 4.79 Å². The van der Waals surface area contributed by atoms with E-state index >= 15 is 0 Å². The number of rotatable bonds is 3. The van der Waals surface area contributed by atoms with E-state index in [2.05, 4.69) is 16.4 Å². The first-order valence-corrected chi connectivity index (χ1v) is 6.41. The van der Waals surface area contributed by atoms with Crippen LogP contribution in [-0.4, -0.2) is 10.9 Å². The Hall–Kier alpha value is -1.89. The van der Waals surface area contributed by atoms with Crippen LogP contribution in [0.2, 0.25) is 0 Å². The van der Waals surface area contributed by atoms with E-state index in [1.54, 1.807) is 18.5 Å². The van der Waals surface area contributed by atoms with Gasteiger partial charge in [-0.25, -0.2) is 0 Å². The first kappa shape index (κ1) is 12.6. The molecular weight excluding hydrogens is 226 g/mol. The molecule has 18 heavy (non-hydrogen) atoms. The van der Waals surface area contributed by atoms with Crippen LogP contribution in [0.3, 0.4) is 0 Å². The first-order chi connectivity index (χ1) is 8.81. The summed E-state index contributed by atoms with van der Waals surface area (Å²) in [6.07, 6.45) is 8.60. The van der Waals surface area contributed by atoms with E-state index in [1.165, 1.54) is 6.42 Å². The van der Waals surface area contributed by atoms with E-state index in [9.17, 15) is 4.79 Å². The minimum absolute atomic E-state index is 0.00473. The van der Waals surface area contributed by atoms with Crippen molar-refractivity contribution in [3.8, 4) is 6.07 Å². The van der Waals surface area contributed by atoms with Crippen molar-refractivity contribution in [3.05, 3.63) is 30.1 Å².